The molecule has 0 fully saturated rings. The molecule has 0 aliphatic heterocycles. The summed E-state index contributed by atoms with van der Waals surface area (Å²) >= 11 is 0. The third kappa shape index (κ3) is 6.05. The lowest BCUT2D eigenvalue weighted by molar-refractivity contribution is -0.131. The standard InChI is InChI=1S/C24H24O7/c1-28-21-11-7-16(13-23(21)30-3)5-9-19(26)18(15-25)20(27)10-6-17-8-12-22(29-2)24(14-17)31-4/h5-15,18H,1-4H3/b9-5+,10-6+. The number of hydrogen-bond donors (Lipinski definition) is 0. The molecule has 0 heterocycles. The van der Waals surface area contributed by atoms with Gasteiger partial charge in [-0.25, -0.2) is 0 Å². The molecule has 0 unspecified atom stereocenters. The third-order valence-electron chi connectivity index (χ3n) is 4.44. The molecule has 0 radical (unpaired) electrons. The molecule has 162 valence electrons. The molecule has 0 aromatic heterocycles. The van der Waals surface area contributed by atoms with E-state index in [4.69, 9.17) is 18.9 Å². The number of ketones is 2. The van der Waals surface area contributed by atoms with Gasteiger partial charge in [-0.2, -0.15) is 0 Å². The van der Waals surface area contributed by atoms with Crippen molar-refractivity contribution >= 4 is 30.0 Å². The van der Waals surface area contributed by atoms with Gasteiger partial charge in [0.05, 0.1) is 28.4 Å². The van der Waals surface area contributed by atoms with Gasteiger partial charge in [-0.3, -0.25) is 9.59 Å². The van der Waals surface area contributed by atoms with E-state index < -0.39 is 17.5 Å². The minimum absolute atomic E-state index is 0.336. The second-order valence-corrected chi connectivity index (χ2v) is 6.31. The molecule has 0 aliphatic rings. The van der Waals surface area contributed by atoms with E-state index in [1.165, 1.54) is 52.7 Å². The minimum atomic E-state index is -1.42. The number of carbonyl (C=O) groups excluding carboxylic acids is 3. The summed E-state index contributed by atoms with van der Waals surface area (Å²) in [5, 5.41) is 0. The van der Waals surface area contributed by atoms with E-state index in [0.717, 1.165) is 0 Å². The van der Waals surface area contributed by atoms with Crippen molar-refractivity contribution in [1.82, 2.24) is 0 Å². The van der Waals surface area contributed by atoms with Crippen molar-refractivity contribution in [3.05, 3.63) is 59.7 Å². The number of carbonyl (C=O) groups is 3. The van der Waals surface area contributed by atoms with Gasteiger partial charge in [-0.1, -0.05) is 24.3 Å². The summed E-state index contributed by atoms with van der Waals surface area (Å²) in [5.41, 5.74) is 1.31. The molecular weight excluding hydrogens is 400 g/mol. The molecule has 0 bridgehead atoms. The molecule has 0 spiro atoms. The van der Waals surface area contributed by atoms with Gasteiger partial charge in [0.15, 0.2) is 34.6 Å². The van der Waals surface area contributed by atoms with E-state index >= 15 is 0 Å². The van der Waals surface area contributed by atoms with E-state index in [1.807, 2.05) is 0 Å². The van der Waals surface area contributed by atoms with Crippen LogP contribution >= 0.6 is 0 Å². The molecule has 2 rings (SSSR count). The Morgan fingerprint density at radius 3 is 1.39 bits per heavy atom. The van der Waals surface area contributed by atoms with Gasteiger partial charge in [0.25, 0.3) is 0 Å². The number of allylic oxidation sites excluding steroid dienone is 2. The molecule has 2 aromatic rings. The van der Waals surface area contributed by atoms with Crippen molar-refractivity contribution < 1.29 is 33.3 Å². The molecular formula is C24H24O7. The average Bonchev–Trinajstić information content (AvgIpc) is 2.81. The van der Waals surface area contributed by atoms with Crippen molar-refractivity contribution in [1.29, 1.82) is 0 Å². The van der Waals surface area contributed by atoms with Crippen LogP contribution in [0, 0.1) is 5.92 Å². The van der Waals surface area contributed by atoms with Crippen LogP contribution in [0.5, 0.6) is 23.0 Å². The number of ether oxygens (including phenoxy) is 4. The fraction of sp³-hybridized carbons (Fsp3) is 0.208. The van der Waals surface area contributed by atoms with E-state index in [9.17, 15) is 14.4 Å². The Balaban J connectivity index is 2.13. The van der Waals surface area contributed by atoms with Crippen LogP contribution < -0.4 is 18.9 Å². The van der Waals surface area contributed by atoms with Crippen LogP contribution in [0.2, 0.25) is 0 Å². The van der Waals surface area contributed by atoms with Crippen LogP contribution in [-0.4, -0.2) is 46.3 Å². The van der Waals surface area contributed by atoms with Crippen LogP contribution in [0.15, 0.2) is 48.6 Å². The summed E-state index contributed by atoms with van der Waals surface area (Å²) in [5.74, 6) is -0.568. The van der Waals surface area contributed by atoms with E-state index in [1.54, 1.807) is 36.4 Å². The predicted molar refractivity (Wildman–Crippen MR) is 117 cm³/mol. The Labute approximate surface area is 180 Å². The fourth-order valence-electron chi connectivity index (χ4n) is 2.75. The first-order valence-electron chi connectivity index (χ1n) is 9.30. The van der Waals surface area contributed by atoms with Gasteiger partial charge in [0, 0.05) is 0 Å². The maximum absolute atomic E-state index is 12.4. The van der Waals surface area contributed by atoms with Crippen LogP contribution in [0.25, 0.3) is 12.2 Å². The number of benzene rings is 2. The molecule has 0 atom stereocenters. The van der Waals surface area contributed by atoms with E-state index in [2.05, 4.69) is 0 Å². The first kappa shape index (κ1) is 23.4. The van der Waals surface area contributed by atoms with Crippen LogP contribution in [0.4, 0.5) is 0 Å². The number of methoxy groups -OCH3 is 4. The second-order valence-electron chi connectivity index (χ2n) is 6.31. The monoisotopic (exact) mass is 424 g/mol. The lowest BCUT2D eigenvalue weighted by Gasteiger charge is -2.08. The highest BCUT2D eigenvalue weighted by atomic mass is 16.5. The van der Waals surface area contributed by atoms with Crippen molar-refractivity contribution in [2.24, 2.45) is 5.92 Å². The molecule has 0 saturated carbocycles. The van der Waals surface area contributed by atoms with Crippen molar-refractivity contribution in [2.45, 2.75) is 0 Å². The predicted octanol–water partition coefficient (Wildman–Crippen LogP) is 3.40. The van der Waals surface area contributed by atoms with Gasteiger partial charge in [-0.05, 0) is 47.5 Å². The molecule has 0 amide bonds. The van der Waals surface area contributed by atoms with Crippen molar-refractivity contribution in [2.75, 3.05) is 28.4 Å². The molecule has 0 saturated heterocycles. The van der Waals surface area contributed by atoms with Crippen LogP contribution in [0.3, 0.4) is 0 Å². The first-order valence-corrected chi connectivity index (χ1v) is 9.30. The number of aldehydes is 1. The Morgan fingerprint density at radius 2 is 1.06 bits per heavy atom. The molecule has 7 heteroatoms. The van der Waals surface area contributed by atoms with Gasteiger partial charge in [0.2, 0.25) is 0 Å². The van der Waals surface area contributed by atoms with Crippen molar-refractivity contribution in [3.63, 3.8) is 0 Å². The van der Waals surface area contributed by atoms with Gasteiger partial charge in [0.1, 0.15) is 12.2 Å². The lowest BCUT2D eigenvalue weighted by Crippen LogP contribution is -2.22. The minimum Gasteiger partial charge on any atom is -0.493 e. The van der Waals surface area contributed by atoms with E-state index in [0.29, 0.717) is 40.4 Å². The Bertz CT molecular complexity index is 927. The molecule has 0 N–H and O–H groups in total. The normalized spacial score (nSPS) is 11.0. The quantitative estimate of drug-likeness (QED) is 0.310. The Kier molecular flexibility index (Phi) is 8.57. The molecule has 2 aromatic carbocycles. The zero-order chi connectivity index (χ0) is 22.8. The first-order chi connectivity index (χ1) is 15.0. The van der Waals surface area contributed by atoms with Crippen LogP contribution in [0.1, 0.15) is 11.1 Å². The summed E-state index contributed by atoms with van der Waals surface area (Å²) in [4.78, 5) is 36.2. The highest BCUT2D eigenvalue weighted by Crippen LogP contribution is 2.29. The largest absolute Gasteiger partial charge is 0.493 e. The highest BCUT2D eigenvalue weighted by Gasteiger charge is 2.22. The zero-order valence-electron chi connectivity index (χ0n) is 17.8. The maximum atomic E-state index is 12.4. The second kappa shape index (κ2) is 11.3. The summed E-state index contributed by atoms with van der Waals surface area (Å²) in [6.45, 7) is 0. The summed E-state index contributed by atoms with van der Waals surface area (Å²) < 4.78 is 20.8. The number of rotatable bonds is 11. The SMILES string of the molecule is COc1ccc(/C=C/C(=O)C(C=O)C(=O)/C=C/c2ccc(OC)c(OC)c2)cc1OC. The fourth-order valence-corrected chi connectivity index (χ4v) is 2.75. The van der Waals surface area contributed by atoms with Gasteiger partial charge in [-0.15, -0.1) is 0 Å². The topological polar surface area (TPSA) is 88.1 Å². The lowest BCUT2D eigenvalue weighted by atomic mass is 9.98. The van der Waals surface area contributed by atoms with Crippen LogP contribution in [-0.2, 0) is 14.4 Å². The smallest absolute Gasteiger partial charge is 0.173 e. The summed E-state index contributed by atoms with van der Waals surface area (Å²) in [6.07, 6.45) is 5.74. The molecule has 31 heavy (non-hydrogen) atoms. The summed E-state index contributed by atoms with van der Waals surface area (Å²) in [6, 6.07) is 10.2. The highest BCUT2D eigenvalue weighted by molar-refractivity contribution is 6.21. The Hall–Kier alpha value is -3.87. The number of hydrogen-bond acceptors (Lipinski definition) is 7. The zero-order valence-corrected chi connectivity index (χ0v) is 17.8. The summed E-state index contributed by atoms with van der Waals surface area (Å²) in [7, 11) is 6.05. The van der Waals surface area contributed by atoms with Crippen molar-refractivity contribution in [3.8, 4) is 23.0 Å². The van der Waals surface area contributed by atoms with Gasteiger partial charge >= 0.3 is 0 Å². The average molecular weight is 424 g/mol. The molecule has 0 aliphatic carbocycles. The van der Waals surface area contributed by atoms with E-state index in [-0.39, 0.29) is 0 Å². The third-order valence-corrected chi connectivity index (χ3v) is 4.44. The molecule has 7 nitrogen and oxygen atoms in total. The maximum Gasteiger partial charge on any atom is 0.173 e. The Morgan fingerprint density at radius 1 is 0.677 bits per heavy atom. The van der Waals surface area contributed by atoms with Gasteiger partial charge < -0.3 is 23.7 Å².